The number of halogens is 1. The Morgan fingerprint density at radius 1 is 1.30 bits per heavy atom. The Labute approximate surface area is 116 Å². The van der Waals surface area contributed by atoms with Crippen LogP contribution in [-0.4, -0.2) is 13.4 Å². The van der Waals surface area contributed by atoms with E-state index in [1.165, 1.54) is 30.5 Å². The van der Waals surface area contributed by atoms with Gasteiger partial charge in [-0.1, -0.05) is 12.1 Å². The molecule has 0 aliphatic rings. The minimum Gasteiger partial charge on any atom is -0.325 e. The van der Waals surface area contributed by atoms with Crippen LogP contribution in [0.4, 0.5) is 10.1 Å². The second-order valence-corrected chi connectivity index (χ2v) is 5.84. The predicted molar refractivity (Wildman–Crippen MR) is 74.1 cm³/mol. The van der Waals surface area contributed by atoms with Crippen molar-refractivity contribution in [3.05, 3.63) is 53.6 Å². The molecule has 1 aromatic carbocycles. The van der Waals surface area contributed by atoms with Crippen LogP contribution in [0.3, 0.4) is 0 Å². The number of benzene rings is 1. The average Bonchev–Trinajstić information content (AvgIpc) is 2.43. The number of pyridine rings is 1. The fraction of sp³-hybridized carbons (Fsp3) is 0.154. The Bertz CT molecular complexity index is 712. The van der Waals surface area contributed by atoms with Crippen LogP contribution in [0.15, 0.2) is 41.4 Å². The number of hydrogen-bond acceptors (Lipinski definition) is 4. The van der Waals surface area contributed by atoms with E-state index >= 15 is 0 Å². The molecule has 0 fully saturated rings. The molecule has 0 spiro atoms. The van der Waals surface area contributed by atoms with Crippen LogP contribution in [0.1, 0.15) is 11.3 Å². The van der Waals surface area contributed by atoms with Crippen molar-refractivity contribution in [2.75, 3.05) is 4.72 Å². The smallest absolute Gasteiger partial charge is 0.263 e. The summed E-state index contributed by atoms with van der Waals surface area (Å²) in [6.45, 7) is 1.60. The number of nitrogens with zero attached hydrogens (tertiary/aromatic N) is 1. The van der Waals surface area contributed by atoms with Crippen molar-refractivity contribution in [2.24, 2.45) is 5.73 Å². The van der Waals surface area contributed by atoms with Gasteiger partial charge >= 0.3 is 0 Å². The Morgan fingerprint density at radius 2 is 2.05 bits per heavy atom. The van der Waals surface area contributed by atoms with Gasteiger partial charge in [-0.05, 0) is 30.7 Å². The summed E-state index contributed by atoms with van der Waals surface area (Å²) in [5, 5.41) is 0. The molecule has 0 amide bonds. The average molecular weight is 295 g/mol. The van der Waals surface area contributed by atoms with Crippen molar-refractivity contribution in [2.45, 2.75) is 18.4 Å². The van der Waals surface area contributed by atoms with Crippen molar-refractivity contribution < 1.29 is 12.8 Å². The van der Waals surface area contributed by atoms with E-state index < -0.39 is 15.8 Å². The van der Waals surface area contributed by atoms with Crippen molar-refractivity contribution in [3.8, 4) is 0 Å². The maximum atomic E-state index is 13.7. The molecule has 0 radical (unpaired) electrons. The summed E-state index contributed by atoms with van der Waals surface area (Å²) >= 11 is 0. The highest BCUT2D eigenvalue weighted by Crippen LogP contribution is 2.23. The van der Waals surface area contributed by atoms with Gasteiger partial charge in [-0.2, -0.15) is 0 Å². The van der Waals surface area contributed by atoms with Gasteiger partial charge in [0.2, 0.25) is 0 Å². The third kappa shape index (κ3) is 2.78. The molecule has 0 bridgehead atoms. The Balaban J connectivity index is 2.47. The minimum atomic E-state index is -3.93. The van der Waals surface area contributed by atoms with Gasteiger partial charge in [0.25, 0.3) is 10.0 Å². The molecule has 1 aromatic heterocycles. The lowest BCUT2D eigenvalue weighted by molar-refractivity contribution is 0.596. The lowest BCUT2D eigenvalue weighted by atomic mass is 10.2. The largest absolute Gasteiger partial charge is 0.325 e. The fourth-order valence-electron chi connectivity index (χ4n) is 1.77. The molecule has 0 atom stereocenters. The molecule has 2 aromatic rings. The molecule has 0 saturated carbocycles. The summed E-state index contributed by atoms with van der Waals surface area (Å²) < 4.78 is 40.6. The Hall–Kier alpha value is -1.99. The predicted octanol–water partition coefficient (Wildman–Crippen LogP) is 1.79. The number of anilines is 1. The minimum absolute atomic E-state index is 0.0205. The first-order chi connectivity index (χ1) is 9.45. The van der Waals surface area contributed by atoms with E-state index in [1.807, 2.05) is 0 Å². The molecular formula is C13H14FN3O2S. The topological polar surface area (TPSA) is 85.1 Å². The normalized spacial score (nSPS) is 11.3. The Morgan fingerprint density at radius 3 is 2.70 bits per heavy atom. The van der Waals surface area contributed by atoms with Gasteiger partial charge in [0.15, 0.2) is 0 Å². The first-order valence-electron chi connectivity index (χ1n) is 5.87. The molecule has 0 aliphatic carbocycles. The van der Waals surface area contributed by atoms with Crippen LogP contribution in [0.25, 0.3) is 0 Å². The zero-order valence-electron chi connectivity index (χ0n) is 10.8. The van der Waals surface area contributed by atoms with Crippen molar-refractivity contribution in [3.63, 3.8) is 0 Å². The fourth-order valence-corrected chi connectivity index (χ4v) is 3.11. The summed E-state index contributed by atoms with van der Waals surface area (Å²) in [5.41, 5.74) is 6.12. The van der Waals surface area contributed by atoms with Crippen molar-refractivity contribution in [1.29, 1.82) is 0 Å². The third-order valence-corrected chi connectivity index (χ3v) is 4.21. The van der Waals surface area contributed by atoms with Gasteiger partial charge in [-0.15, -0.1) is 0 Å². The van der Waals surface area contributed by atoms with E-state index in [4.69, 9.17) is 5.73 Å². The third-order valence-electron chi connectivity index (χ3n) is 2.79. The highest BCUT2D eigenvalue weighted by atomic mass is 32.2. The van der Waals surface area contributed by atoms with Gasteiger partial charge in [-0.25, -0.2) is 12.8 Å². The van der Waals surface area contributed by atoms with Crippen LogP contribution in [0.5, 0.6) is 0 Å². The molecule has 7 heteroatoms. The number of nitrogens with one attached hydrogen (secondary N) is 1. The SMILES string of the molecule is Cc1cccc(F)c1NS(=O)(=O)c1cccnc1CN. The van der Waals surface area contributed by atoms with Crippen LogP contribution in [-0.2, 0) is 16.6 Å². The quantitative estimate of drug-likeness (QED) is 0.900. The zero-order chi connectivity index (χ0) is 14.8. The highest BCUT2D eigenvalue weighted by molar-refractivity contribution is 7.92. The van der Waals surface area contributed by atoms with Gasteiger partial charge in [0.05, 0.1) is 11.4 Å². The molecule has 0 saturated heterocycles. The second-order valence-electron chi connectivity index (χ2n) is 4.19. The maximum absolute atomic E-state index is 13.7. The molecule has 3 N–H and O–H groups in total. The number of aryl methyl sites for hydroxylation is 1. The van der Waals surface area contributed by atoms with Gasteiger partial charge < -0.3 is 5.73 Å². The van der Waals surface area contributed by atoms with E-state index in [2.05, 4.69) is 9.71 Å². The summed E-state index contributed by atoms with van der Waals surface area (Å²) in [6.07, 6.45) is 1.45. The first-order valence-corrected chi connectivity index (χ1v) is 7.36. The molecule has 2 rings (SSSR count). The Kier molecular flexibility index (Phi) is 4.01. The lowest BCUT2D eigenvalue weighted by Gasteiger charge is -2.13. The summed E-state index contributed by atoms with van der Waals surface area (Å²) in [5.74, 6) is -0.633. The number of para-hydroxylation sites is 1. The summed E-state index contributed by atoms with van der Waals surface area (Å²) in [4.78, 5) is 3.86. The van der Waals surface area contributed by atoms with Gasteiger partial charge in [0.1, 0.15) is 10.7 Å². The molecular weight excluding hydrogens is 281 g/mol. The van der Waals surface area contributed by atoms with Gasteiger partial charge in [-0.3, -0.25) is 9.71 Å². The van der Waals surface area contributed by atoms with Crippen LogP contribution in [0, 0.1) is 12.7 Å². The van der Waals surface area contributed by atoms with E-state index in [0.717, 1.165) is 0 Å². The van der Waals surface area contributed by atoms with E-state index in [9.17, 15) is 12.8 Å². The number of hydrogen-bond donors (Lipinski definition) is 2. The molecule has 0 unspecified atom stereocenters. The van der Waals surface area contributed by atoms with Gasteiger partial charge in [0, 0.05) is 12.7 Å². The van der Waals surface area contributed by atoms with E-state index in [-0.39, 0.29) is 22.8 Å². The first kappa shape index (κ1) is 14.4. The highest BCUT2D eigenvalue weighted by Gasteiger charge is 2.20. The molecule has 0 aliphatic heterocycles. The summed E-state index contributed by atoms with van der Waals surface area (Å²) in [7, 11) is -3.93. The molecule has 106 valence electrons. The maximum Gasteiger partial charge on any atom is 0.263 e. The number of nitrogens with two attached hydrogens (primary N) is 1. The number of aromatic nitrogens is 1. The van der Waals surface area contributed by atoms with Crippen LogP contribution in [0.2, 0.25) is 0 Å². The second kappa shape index (κ2) is 5.56. The molecule has 20 heavy (non-hydrogen) atoms. The van der Waals surface area contributed by atoms with E-state index in [1.54, 1.807) is 13.0 Å². The lowest BCUT2D eigenvalue weighted by Crippen LogP contribution is -2.18. The van der Waals surface area contributed by atoms with Crippen LogP contribution < -0.4 is 10.5 Å². The standard InChI is InChI=1S/C13H14FN3O2S/c1-9-4-2-5-10(14)13(9)17-20(18,19)12-6-3-7-16-11(12)8-15/h2-7,17H,8,15H2,1H3. The van der Waals surface area contributed by atoms with E-state index in [0.29, 0.717) is 5.56 Å². The molecule has 5 nitrogen and oxygen atoms in total. The zero-order valence-corrected chi connectivity index (χ0v) is 11.6. The monoisotopic (exact) mass is 295 g/mol. The van der Waals surface area contributed by atoms with Crippen molar-refractivity contribution >= 4 is 15.7 Å². The number of sulfonamides is 1. The number of rotatable bonds is 4. The van der Waals surface area contributed by atoms with Crippen molar-refractivity contribution in [1.82, 2.24) is 4.98 Å². The van der Waals surface area contributed by atoms with Crippen LogP contribution >= 0.6 is 0 Å². The summed E-state index contributed by atoms with van der Waals surface area (Å²) in [6, 6.07) is 7.19. The molecule has 1 heterocycles.